The molecule has 0 unspecified atom stereocenters. The van der Waals surface area contributed by atoms with Crippen LogP contribution in [0.4, 0.5) is 0 Å². The molecule has 0 aromatic heterocycles. The highest BCUT2D eigenvalue weighted by Gasteiger charge is 2.05. The molecule has 12 nitrogen and oxygen atoms in total. The van der Waals surface area contributed by atoms with Crippen molar-refractivity contribution in [2.24, 2.45) is 16.5 Å². The van der Waals surface area contributed by atoms with Crippen molar-refractivity contribution in [1.82, 2.24) is 30.5 Å². The highest BCUT2D eigenvalue weighted by atomic mass is 31.2. The largest absolute Gasteiger partial charge is 0.275 e. The molecule has 0 amide bonds. The van der Waals surface area contributed by atoms with Crippen molar-refractivity contribution in [3.8, 4) is 0 Å². The maximum Gasteiger partial charge on any atom is 0.275 e. The van der Waals surface area contributed by atoms with E-state index in [2.05, 4.69) is 30.5 Å². The van der Waals surface area contributed by atoms with Crippen molar-refractivity contribution in [2.75, 3.05) is 42.3 Å². The first-order valence-corrected chi connectivity index (χ1v) is 11.0. The standard InChI is InChI=1S/3C2H10N3OP/c3*1-4-7(3,6)5-2/h3*1-2H3,(H4,3,4,5,6). The minimum absolute atomic E-state index is 1.54. The molecule has 0 aliphatic carbocycles. The number of hydrogen-bond donors (Lipinski definition) is 9. The molecule has 0 atom stereocenters. The van der Waals surface area contributed by atoms with Crippen LogP contribution in [0.15, 0.2) is 0 Å². The lowest BCUT2D eigenvalue weighted by atomic mass is 11.6. The number of rotatable bonds is 6. The van der Waals surface area contributed by atoms with E-state index in [0.717, 1.165) is 0 Å². The van der Waals surface area contributed by atoms with Crippen LogP contribution in [0.5, 0.6) is 0 Å². The first kappa shape index (κ1) is 26.2. The summed E-state index contributed by atoms with van der Waals surface area (Å²) in [4.78, 5) is 0. The molecule has 15 heteroatoms. The second-order valence-corrected chi connectivity index (χ2v) is 9.95. The monoisotopic (exact) mass is 369 g/mol. The predicted molar refractivity (Wildman–Crippen MR) is 89.7 cm³/mol. The van der Waals surface area contributed by atoms with E-state index in [9.17, 15) is 13.7 Å². The highest BCUT2D eigenvalue weighted by Crippen LogP contribution is 2.20. The van der Waals surface area contributed by atoms with Crippen LogP contribution < -0.4 is 47.0 Å². The molecule has 0 heterocycles. The third kappa shape index (κ3) is 20.3. The van der Waals surface area contributed by atoms with E-state index in [1.165, 1.54) is 42.3 Å². The van der Waals surface area contributed by atoms with Gasteiger partial charge in [0.25, 0.3) is 22.8 Å². The smallest absolute Gasteiger partial charge is 0.271 e. The zero-order valence-corrected chi connectivity index (χ0v) is 16.0. The lowest BCUT2D eigenvalue weighted by Crippen LogP contribution is -2.21. The molecule has 12 N–H and O–H groups in total. The molecule has 0 spiro atoms. The van der Waals surface area contributed by atoms with E-state index in [-0.39, 0.29) is 0 Å². The van der Waals surface area contributed by atoms with E-state index in [1.54, 1.807) is 0 Å². The van der Waals surface area contributed by atoms with Gasteiger partial charge < -0.3 is 0 Å². The van der Waals surface area contributed by atoms with Gasteiger partial charge in [-0.05, 0) is 42.3 Å². The molecule has 0 bridgehead atoms. The van der Waals surface area contributed by atoms with Gasteiger partial charge in [-0.3, -0.25) is 30.2 Å². The van der Waals surface area contributed by atoms with Crippen LogP contribution in [0, 0.1) is 0 Å². The molecule has 0 aromatic carbocycles. The number of nitrogens with one attached hydrogen (secondary N) is 6. The second kappa shape index (κ2) is 12.8. The fourth-order valence-electron chi connectivity index (χ4n) is 0.335. The number of hydrogen-bond acceptors (Lipinski definition) is 3. The third-order valence-electron chi connectivity index (χ3n) is 1.99. The predicted octanol–water partition coefficient (Wildman–Crippen LogP) is -1.52. The minimum atomic E-state index is -2.65. The van der Waals surface area contributed by atoms with Crippen molar-refractivity contribution >= 4 is 22.8 Å². The molecule has 0 aromatic rings. The highest BCUT2D eigenvalue weighted by molar-refractivity contribution is 7.57. The van der Waals surface area contributed by atoms with Crippen LogP contribution in [0.2, 0.25) is 0 Å². The van der Waals surface area contributed by atoms with E-state index < -0.39 is 22.8 Å². The lowest BCUT2D eigenvalue weighted by molar-refractivity contribution is 0.562. The molecule has 0 aliphatic heterocycles. The summed E-state index contributed by atoms with van der Waals surface area (Å²) in [6.45, 7) is 0. The van der Waals surface area contributed by atoms with E-state index in [1.807, 2.05) is 0 Å². The Morgan fingerprint density at radius 2 is 0.571 bits per heavy atom. The van der Waals surface area contributed by atoms with Gasteiger partial charge in [-0.1, -0.05) is 0 Å². The van der Waals surface area contributed by atoms with Gasteiger partial charge in [0, 0.05) is 0 Å². The van der Waals surface area contributed by atoms with Crippen molar-refractivity contribution in [3.05, 3.63) is 0 Å². The molecular formula is C6H30N9O3P3. The quantitative estimate of drug-likeness (QED) is 0.245. The molecule has 0 radical (unpaired) electrons. The maximum atomic E-state index is 10.5. The summed E-state index contributed by atoms with van der Waals surface area (Å²) in [6, 6.07) is 0. The van der Waals surface area contributed by atoms with Crippen LogP contribution >= 0.6 is 22.8 Å². The van der Waals surface area contributed by atoms with Gasteiger partial charge in [-0.15, -0.1) is 0 Å². The van der Waals surface area contributed by atoms with Gasteiger partial charge >= 0.3 is 0 Å². The number of nitrogens with two attached hydrogens (primary N) is 3. The molecule has 0 saturated heterocycles. The van der Waals surface area contributed by atoms with Crippen molar-refractivity contribution in [3.63, 3.8) is 0 Å². The fourth-order valence-corrected chi connectivity index (χ4v) is 1.01. The molecule has 0 saturated carbocycles. The minimum Gasteiger partial charge on any atom is -0.271 e. The molecular weight excluding hydrogens is 339 g/mol. The van der Waals surface area contributed by atoms with Gasteiger partial charge in [-0.25, -0.2) is 30.5 Å². The zero-order valence-electron chi connectivity index (χ0n) is 13.3. The first-order chi connectivity index (χ1) is 9.36. The van der Waals surface area contributed by atoms with Crippen molar-refractivity contribution in [1.29, 1.82) is 0 Å². The summed E-state index contributed by atoms with van der Waals surface area (Å²) in [7, 11) is 1.27. The fraction of sp³-hybridized carbons (Fsp3) is 1.00. The Balaban J connectivity index is -0.000000231. The Morgan fingerprint density at radius 3 is 0.571 bits per heavy atom. The summed E-state index contributed by atoms with van der Waals surface area (Å²) in [6.07, 6.45) is 0. The Labute approximate surface area is 126 Å². The lowest BCUT2D eigenvalue weighted by Gasteiger charge is -2.06. The average Bonchev–Trinajstić information content (AvgIpc) is 2.48. The molecule has 21 heavy (non-hydrogen) atoms. The molecule has 0 rings (SSSR count). The van der Waals surface area contributed by atoms with Crippen LogP contribution in [-0.2, 0) is 13.7 Å². The molecule has 0 fully saturated rings. The van der Waals surface area contributed by atoms with Gasteiger partial charge in [0.05, 0.1) is 0 Å². The summed E-state index contributed by atoms with van der Waals surface area (Å²) in [5.74, 6) is 0. The van der Waals surface area contributed by atoms with Gasteiger partial charge in [0.15, 0.2) is 0 Å². The Hall–Kier alpha value is 0.330. The Morgan fingerprint density at radius 1 is 0.476 bits per heavy atom. The van der Waals surface area contributed by atoms with E-state index >= 15 is 0 Å². The SMILES string of the molecule is CNP(N)(=O)NC.CNP(N)(=O)NC.CNP(N)(=O)NC. The van der Waals surface area contributed by atoms with Gasteiger partial charge in [-0.2, -0.15) is 0 Å². The summed E-state index contributed by atoms with van der Waals surface area (Å²) >= 11 is 0. The molecule has 0 aliphatic rings. The summed E-state index contributed by atoms with van der Waals surface area (Å²) in [5, 5.41) is 14.5. The van der Waals surface area contributed by atoms with Crippen LogP contribution in [0.3, 0.4) is 0 Å². The van der Waals surface area contributed by atoms with Crippen LogP contribution in [0.25, 0.3) is 0 Å². The van der Waals surface area contributed by atoms with Crippen LogP contribution in [0.1, 0.15) is 0 Å². The van der Waals surface area contributed by atoms with Crippen molar-refractivity contribution < 1.29 is 13.7 Å². The normalized spacial score (nSPS) is 11.9. The topological polar surface area (TPSA) is 201 Å². The van der Waals surface area contributed by atoms with Gasteiger partial charge in [0.1, 0.15) is 0 Å². The van der Waals surface area contributed by atoms with E-state index in [0.29, 0.717) is 0 Å². The summed E-state index contributed by atoms with van der Waals surface area (Å²) in [5.41, 5.74) is 15.1. The summed E-state index contributed by atoms with van der Waals surface area (Å²) < 4.78 is 31.5. The average molecular weight is 369 g/mol. The third-order valence-corrected chi connectivity index (χ3v) is 5.98. The first-order valence-electron chi connectivity index (χ1n) is 5.66. The zero-order chi connectivity index (χ0) is 17.7. The molecule has 132 valence electrons. The second-order valence-electron chi connectivity index (χ2n) is 3.32. The van der Waals surface area contributed by atoms with Crippen molar-refractivity contribution in [2.45, 2.75) is 0 Å². The maximum absolute atomic E-state index is 10.5. The van der Waals surface area contributed by atoms with Gasteiger partial charge in [0.2, 0.25) is 0 Å². The Kier molecular flexibility index (Phi) is 16.0. The van der Waals surface area contributed by atoms with Crippen LogP contribution in [-0.4, -0.2) is 42.3 Å². The Bertz CT molecular complexity index is 312. The van der Waals surface area contributed by atoms with E-state index in [4.69, 9.17) is 16.5 Å².